The topological polar surface area (TPSA) is 134 Å². The molecule has 2 heterocycles. The Bertz CT molecular complexity index is 1600. The molecule has 208 valence electrons. The average Bonchev–Trinajstić information content (AvgIpc) is 2.92. The number of nitrogens with two attached hydrogens (primary N) is 1. The molecule has 4 aromatic rings. The van der Waals surface area contributed by atoms with Gasteiger partial charge in [-0.2, -0.15) is 8.42 Å². The Kier molecular flexibility index (Phi) is 8.95. The van der Waals surface area contributed by atoms with Crippen molar-refractivity contribution in [2.45, 2.75) is 25.3 Å². The number of ether oxygens (including phenoxy) is 2. The highest BCUT2D eigenvalue weighted by Gasteiger charge is 2.24. The van der Waals surface area contributed by atoms with Crippen molar-refractivity contribution in [1.29, 1.82) is 0 Å². The summed E-state index contributed by atoms with van der Waals surface area (Å²) in [6.07, 6.45) is 0.506. The number of sulfonamides is 1. The normalized spacial score (nSPS) is 11.3. The number of aromatic nitrogens is 2. The zero-order valence-corrected chi connectivity index (χ0v) is 22.8. The number of carbonyl (C=O) groups excluding carboxylic acids is 1. The molecule has 0 unspecified atom stereocenters. The second kappa shape index (κ2) is 12.6. The van der Waals surface area contributed by atoms with Gasteiger partial charge in [0.25, 0.3) is 15.9 Å². The van der Waals surface area contributed by atoms with Crippen molar-refractivity contribution >= 4 is 21.7 Å². The first-order valence-electron chi connectivity index (χ1n) is 12.5. The zero-order chi connectivity index (χ0) is 28.7. The first kappa shape index (κ1) is 28.5. The second-order valence-corrected chi connectivity index (χ2v) is 11.0. The smallest absolute Gasteiger partial charge is 0.281 e. The molecule has 9 nitrogen and oxygen atoms in total. The number of rotatable bonds is 11. The van der Waals surface area contributed by atoms with Crippen LogP contribution in [-0.4, -0.2) is 37.5 Å². The van der Waals surface area contributed by atoms with Crippen LogP contribution in [-0.2, 0) is 16.4 Å². The van der Waals surface area contributed by atoms with Gasteiger partial charge in [-0.1, -0.05) is 50.2 Å². The molecule has 0 bridgehead atoms. The molecule has 3 N–H and O–H groups in total. The van der Waals surface area contributed by atoms with Gasteiger partial charge in [-0.3, -0.25) is 4.79 Å². The minimum absolute atomic E-state index is 0.0156. The number of amides is 1. The van der Waals surface area contributed by atoms with Crippen LogP contribution in [0.15, 0.2) is 83.9 Å². The van der Waals surface area contributed by atoms with Crippen LogP contribution in [0.25, 0.3) is 11.3 Å². The van der Waals surface area contributed by atoms with E-state index < -0.39 is 26.8 Å². The van der Waals surface area contributed by atoms with E-state index in [-0.39, 0.29) is 29.8 Å². The number of hydrogen-bond acceptors (Lipinski definition) is 8. The van der Waals surface area contributed by atoms with Gasteiger partial charge in [-0.25, -0.2) is 19.1 Å². The van der Waals surface area contributed by atoms with Gasteiger partial charge < -0.3 is 15.2 Å². The maximum Gasteiger partial charge on any atom is 0.281 e. The predicted octanol–water partition coefficient (Wildman–Crippen LogP) is 4.64. The van der Waals surface area contributed by atoms with E-state index in [0.717, 1.165) is 5.56 Å². The molecular weight excluding hydrogens is 535 g/mol. The number of nitrogens with zero attached hydrogens (tertiary/aromatic N) is 2. The Hall–Kier alpha value is -4.51. The number of halogens is 1. The van der Waals surface area contributed by atoms with Crippen LogP contribution in [0.4, 0.5) is 10.2 Å². The van der Waals surface area contributed by atoms with Gasteiger partial charge in [-0.05, 0) is 47.9 Å². The molecule has 0 atom stereocenters. The molecule has 0 aliphatic rings. The first-order chi connectivity index (χ1) is 19.1. The van der Waals surface area contributed by atoms with Crippen LogP contribution in [0, 0.1) is 11.7 Å². The number of nitrogen functional groups attached to an aromatic ring is 1. The maximum atomic E-state index is 14.4. The minimum atomic E-state index is -4.34. The second-order valence-electron chi connectivity index (χ2n) is 9.35. The molecule has 0 saturated carbocycles. The predicted molar refractivity (Wildman–Crippen MR) is 149 cm³/mol. The molecule has 0 saturated heterocycles. The van der Waals surface area contributed by atoms with Gasteiger partial charge in [0.1, 0.15) is 22.9 Å². The fraction of sp³-hybridized carbons (Fsp3) is 0.207. The third-order valence-electron chi connectivity index (χ3n) is 5.58. The van der Waals surface area contributed by atoms with E-state index in [2.05, 4.69) is 9.97 Å². The zero-order valence-electron chi connectivity index (χ0n) is 22.0. The van der Waals surface area contributed by atoms with Gasteiger partial charge in [0.15, 0.2) is 5.03 Å². The van der Waals surface area contributed by atoms with E-state index in [9.17, 15) is 17.6 Å². The highest BCUT2D eigenvalue weighted by atomic mass is 32.2. The van der Waals surface area contributed by atoms with Crippen molar-refractivity contribution in [2.24, 2.45) is 5.92 Å². The number of benzene rings is 2. The van der Waals surface area contributed by atoms with Crippen LogP contribution in [0.2, 0.25) is 0 Å². The van der Waals surface area contributed by atoms with Crippen molar-refractivity contribution < 1.29 is 27.1 Å². The summed E-state index contributed by atoms with van der Waals surface area (Å²) in [4.78, 5) is 21.4. The first-order valence-corrected chi connectivity index (χ1v) is 14.0. The van der Waals surface area contributed by atoms with Crippen LogP contribution in [0.5, 0.6) is 11.6 Å². The molecule has 0 radical (unpaired) electrons. The van der Waals surface area contributed by atoms with Crippen LogP contribution in [0.1, 0.15) is 29.8 Å². The lowest BCUT2D eigenvalue weighted by atomic mass is 10.1. The van der Waals surface area contributed by atoms with Gasteiger partial charge in [0, 0.05) is 18.1 Å². The minimum Gasteiger partial charge on any atom is -0.493 e. The SMILES string of the molecule is CC(C)COc1cc(F)cc(-c2ccc(C(=O)NS(=O)(=O)c3cccc(N)n3)c(OCCc3ccccc3)n2)c1. The molecule has 40 heavy (non-hydrogen) atoms. The van der Waals surface area contributed by atoms with E-state index in [0.29, 0.717) is 30.0 Å². The summed E-state index contributed by atoms with van der Waals surface area (Å²) in [5.41, 5.74) is 7.17. The third-order valence-corrected chi connectivity index (χ3v) is 6.81. The summed E-state index contributed by atoms with van der Waals surface area (Å²) in [6.45, 7) is 4.51. The van der Waals surface area contributed by atoms with Crippen LogP contribution >= 0.6 is 0 Å². The highest BCUT2D eigenvalue weighted by molar-refractivity contribution is 7.90. The summed E-state index contributed by atoms with van der Waals surface area (Å²) in [5, 5.41) is -0.411. The number of carbonyl (C=O) groups is 1. The number of hydrogen-bond donors (Lipinski definition) is 2. The van der Waals surface area contributed by atoms with E-state index in [1.807, 2.05) is 48.9 Å². The highest BCUT2D eigenvalue weighted by Crippen LogP contribution is 2.28. The van der Waals surface area contributed by atoms with Crippen molar-refractivity contribution in [1.82, 2.24) is 14.7 Å². The molecular formula is C29H29FN4O5S. The van der Waals surface area contributed by atoms with Crippen molar-refractivity contribution in [3.8, 4) is 22.9 Å². The lowest BCUT2D eigenvalue weighted by Crippen LogP contribution is -2.31. The van der Waals surface area contributed by atoms with Gasteiger partial charge in [0.05, 0.1) is 18.9 Å². The molecule has 0 aliphatic carbocycles. The maximum absolute atomic E-state index is 14.4. The molecule has 11 heteroatoms. The van der Waals surface area contributed by atoms with E-state index >= 15 is 0 Å². The fourth-order valence-electron chi connectivity index (χ4n) is 3.66. The Balaban J connectivity index is 1.65. The summed E-state index contributed by atoms with van der Waals surface area (Å²) >= 11 is 0. The quantitative estimate of drug-likeness (QED) is 0.269. The number of anilines is 1. The van der Waals surface area contributed by atoms with Gasteiger partial charge in [0.2, 0.25) is 5.88 Å². The van der Waals surface area contributed by atoms with E-state index in [1.165, 1.54) is 42.5 Å². The van der Waals surface area contributed by atoms with Gasteiger partial charge >= 0.3 is 0 Å². The third kappa shape index (κ3) is 7.54. The number of pyridine rings is 2. The Morgan fingerprint density at radius 1 is 0.975 bits per heavy atom. The lowest BCUT2D eigenvalue weighted by molar-refractivity contribution is 0.0976. The van der Waals surface area contributed by atoms with Crippen LogP contribution in [0.3, 0.4) is 0 Å². The summed E-state index contributed by atoms with van der Waals surface area (Å²) in [6, 6.07) is 20.6. The molecule has 1 amide bonds. The molecule has 2 aromatic carbocycles. The summed E-state index contributed by atoms with van der Waals surface area (Å²) < 4.78 is 53.5. The van der Waals surface area contributed by atoms with E-state index in [1.54, 1.807) is 6.07 Å². The molecule has 0 spiro atoms. The van der Waals surface area contributed by atoms with Gasteiger partial charge in [-0.15, -0.1) is 0 Å². The largest absolute Gasteiger partial charge is 0.493 e. The Morgan fingerprint density at radius 3 is 2.48 bits per heavy atom. The number of nitrogens with one attached hydrogen (secondary N) is 1. The summed E-state index contributed by atoms with van der Waals surface area (Å²) in [5.74, 6) is -1.05. The standard InChI is InChI=1S/C29H29FN4O5S/c1-19(2)18-39-23-16-21(15-22(30)17-23)25-12-11-24(29(32-25)38-14-13-20-7-4-3-5-8-20)28(35)34-40(36,37)27-10-6-9-26(31)33-27/h3-12,15-17,19H,13-14,18H2,1-2H3,(H2,31,33)(H,34,35). The van der Waals surface area contributed by atoms with Crippen molar-refractivity contribution in [3.05, 3.63) is 95.8 Å². The van der Waals surface area contributed by atoms with E-state index in [4.69, 9.17) is 15.2 Å². The molecule has 2 aromatic heterocycles. The van der Waals surface area contributed by atoms with Crippen LogP contribution < -0.4 is 19.9 Å². The molecule has 0 aliphatic heterocycles. The monoisotopic (exact) mass is 564 g/mol. The fourth-order valence-corrected chi connectivity index (χ4v) is 4.60. The Labute approximate surface area is 232 Å². The Morgan fingerprint density at radius 2 is 1.75 bits per heavy atom. The molecule has 4 rings (SSSR count). The van der Waals surface area contributed by atoms with Crippen molar-refractivity contribution in [3.63, 3.8) is 0 Å². The van der Waals surface area contributed by atoms with Crippen molar-refractivity contribution in [2.75, 3.05) is 18.9 Å². The lowest BCUT2D eigenvalue weighted by Gasteiger charge is -2.14. The average molecular weight is 565 g/mol. The molecule has 0 fully saturated rings. The summed E-state index contributed by atoms with van der Waals surface area (Å²) in [7, 11) is -4.34.